The maximum atomic E-state index is 10.0. The van der Waals surface area contributed by atoms with Crippen molar-refractivity contribution in [1.29, 1.82) is 0 Å². The number of hydrogen-bond acceptors (Lipinski definition) is 3. The lowest BCUT2D eigenvalue weighted by molar-refractivity contribution is -0.0700. The SMILES string of the molecule is C=CC(O)C/C(=C\C=C1/CCCC2(C)C1CC[C@@H]2CCN1C[C@@H](C)O[C@@H](C)C1)CCC. The number of nitrogens with zero attached hydrogens (tertiary/aromatic N) is 1. The molecule has 0 radical (unpaired) electrons. The van der Waals surface area contributed by atoms with Gasteiger partial charge in [-0.05, 0) is 89.0 Å². The highest BCUT2D eigenvalue weighted by Gasteiger charge is 2.48. The fourth-order valence-corrected chi connectivity index (χ4v) is 6.78. The van der Waals surface area contributed by atoms with Crippen LogP contribution in [0.15, 0.2) is 36.0 Å². The Morgan fingerprint density at radius 3 is 2.71 bits per heavy atom. The quantitative estimate of drug-likeness (QED) is 0.437. The summed E-state index contributed by atoms with van der Waals surface area (Å²) >= 11 is 0. The molecule has 3 nitrogen and oxygen atoms in total. The lowest BCUT2D eigenvalue weighted by Gasteiger charge is -2.43. The van der Waals surface area contributed by atoms with Gasteiger partial charge in [-0.15, -0.1) is 6.58 Å². The predicted octanol–water partition coefficient (Wildman–Crippen LogP) is 6.29. The molecular weight excluding hydrogens is 382 g/mol. The van der Waals surface area contributed by atoms with E-state index in [4.69, 9.17) is 4.74 Å². The molecule has 3 aliphatic rings. The minimum Gasteiger partial charge on any atom is -0.389 e. The van der Waals surface area contributed by atoms with Gasteiger partial charge >= 0.3 is 0 Å². The van der Waals surface area contributed by atoms with Gasteiger partial charge < -0.3 is 9.84 Å². The molecule has 2 aliphatic carbocycles. The van der Waals surface area contributed by atoms with Crippen molar-refractivity contribution < 1.29 is 9.84 Å². The molecule has 0 bridgehead atoms. The van der Waals surface area contributed by atoms with Crippen LogP contribution in [0.1, 0.15) is 85.5 Å². The van der Waals surface area contributed by atoms with Crippen LogP contribution < -0.4 is 0 Å². The first-order valence-corrected chi connectivity index (χ1v) is 12.9. The van der Waals surface area contributed by atoms with E-state index in [2.05, 4.69) is 51.3 Å². The number of ether oxygens (including phenoxy) is 1. The highest BCUT2D eigenvalue weighted by molar-refractivity contribution is 5.25. The summed E-state index contributed by atoms with van der Waals surface area (Å²) < 4.78 is 5.93. The first-order chi connectivity index (χ1) is 14.9. The van der Waals surface area contributed by atoms with Gasteiger partial charge in [0.1, 0.15) is 0 Å². The van der Waals surface area contributed by atoms with Crippen molar-refractivity contribution in [1.82, 2.24) is 4.90 Å². The third-order valence-corrected chi connectivity index (χ3v) is 8.30. The highest BCUT2D eigenvalue weighted by atomic mass is 16.5. The van der Waals surface area contributed by atoms with Crippen LogP contribution >= 0.6 is 0 Å². The topological polar surface area (TPSA) is 32.7 Å². The van der Waals surface area contributed by atoms with E-state index in [0.717, 1.165) is 44.2 Å². The van der Waals surface area contributed by atoms with E-state index < -0.39 is 6.10 Å². The largest absolute Gasteiger partial charge is 0.389 e. The van der Waals surface area contributed by atoms with Gasteiger partial charge in [0.05, 0.1) is 18.3 Å². The molecule has 3 fully saturated rings. The molecule has 0 aromatic heterocycles. The van der Waals surface area contributed by atoms with Crippen LogP contribution in [0.3, 0.4) is 0 Å². The third-order valence-electron chi connectivity index (χ3n) is 8.30. The third kappa shape index (κ3) is 6.33. The summed E-state index contributed by atoms with van der Waals surface area (Å²) in [5, 5.41) is 10.0. The van der Waals surface area contributed by atoms with E-state index in [9.17, 15) is 5.11 Å². The number of allylic oxidation sites excluding steroid dienone is 3. The molecule has 0 amide bonds. The number of aliphatic hydroxyl groups is 1. The normalized spacial score (nSPS) is 37.1. The van der Waals surface area contributed by atoms with Crippen molar-refractivity contribution in [3.05, 3.63) is 36.0 Å². The number of hydrogen-bond donors (Lipinski definition) is 1. The molecule has 0 aromatic carbocycles. The predicted molar refractivity (Wildman–Crippen MR) is 131 cm³/mol. The van der Waals surface area contributed by atoms with Crippen molar-refractivity contribution in [3.63, 3.8) is 0 Å². The molecule has 3 heteroatoms. The summed E-state index contributed by atoms with van der Waals surface area (Å²) in [5.74, 6) is 1.59. The Bertz CT molecular complexity index is 643. The molecule has 1 aliphatic heterocycles. The zero-order valence-electron chi connectivity index (χ0n) is 20.6. The van der Waals surface area contributed by atoms with Gasteiger partial charge in [-0.2, -0.15) is 0 Å². The van der Waals surface area contributed by atoms with E-state index in [1.807, 2.05) is 0 Å². The minimum atomic E-state index is -0.422. The van der Waals surface area contributed by atoms with Gasteiger partial charge in [-0.1, -0.05) is 49.6 Å². The Morgan fingerprint density at radius 1 is 1.29 bits per heavy atom. The fraction of sp³-hybridized carbons (Fsp3) is 0.786. The number of fused-ring (bicyclic) bond motifs is 1. The van der Waals surface area contributed by atoms with E-state index in [-0.39, 0.29) is 0 Å². The summed E-state index contributed by atoms with van der Waals surface area (Å²) in [4.78, 5) is 2.64. The molecule has 1 N–H and O–H groups in total. The Kier molecular flexibility index (Phi) is 9.01. The Hall–Kier alpha value is -0.900. The molecule has 0 aromatic rings. The van der Waals surface area contributed by atoms with Crippen LogP contribution in [0.4, 0.5) is 0 Å². The van der Waals surface area contributed by atoms with E-state index in [1.165, 1.54) is 50.6 Å². The second-order valence-corrected chi connectivity index (χ2v) is 10.8. The smallest absolute Gasteiger partial charge is 0.0755 e. The summed E-state index contributed by atoms with van der Waals surface area (Å²) in [6, 6.07) is 0. The van der Waals surface area contributed by atoms with Crippen molar-refractivity contribution >= 4 is 0 Å². The van der Waals surface area contributed by atoms with E-state index in [1.54, 1.807) is 11.6 Å². The average Bonchev–Trinajstić information content (AvgIpc) is 3.06. The van der Waals surface area contributed by atoms with E-state index >= 15 is 0 Å². The first-order valence-electron chi connectivity index (χ1n) is 12.9. The number of rotatable bonds is 9. The summed E-state index contributed by atoms with van der Waals surface area (Å²) in [5.41, 5.74) is 3.50. The van der Waals surface area contributed by atoms with Gasteiger partial charge in [-0.25, -0.2) is 0 Å². The van der Waals surface area contributed by atoms with Crippen molar-refractivity contribution in [2.45, 2.75) is 104 Å². The number of morpholine rings is 1. The Balaban J connectivity index is 1.65. The van der Waals surface area contributed by atoms with Crippen molar-refractivity contribution in [2.24, 2.45) is 17.3 Å². The summed E-state index contributed by atoms with van der Waals surface area (Å²) in [6.07, 6.45) is 17.7. The second kappa shape index (κ2) is 11.3. The minimum absolute atomic E-state index is 0.364. The van der Waals surface area contributed by atoms with E-state index in [0.29, 0.717) is 17.6 Å². The lowest BCUT2D eigenvalue weighted by Crippen LogP contribution is -2.46. The maximum absolute atomic E-state index is 10.0. The molecule has 1 saturated heterocycles. The van der Waals surface area contributed by atoms with Gasteiger partial charge in [0.25, 0.3) is 0 Å². The molecular formula is C28H47NO2. The zero-order valence-corrected chi connectivity index (χ0v) is 20.6. The zero-order chi connectivity index (χ0) is 22.4. The van der Waals surface area contributed by atoms with Gasteiger partial charge in [0.15, 0.2) is 0 Å². The monoisotopic (exact) mass is 429 g/mol. The fourth-order valence-electron chi connectivity index (χ4n) is 6.78. The first kappa shape index (κ1) is 24.7. The average molecular weight is 430 g/mol. The van der Waals surface area contributed by atoms with Crippen LogP contribution in [0.25, 0.3) is 0 Å². The molecule has 176 valence electrons. The highest BCUT2D eigenvalue weighted by Crippen LogP contribution is 2.58. The van der Waals surface area contributed by atoms with Crippen LogP contribution in [-0.2, 0) is 4.74 Å². The van der Waals surface area contributed by atoms with Crippen LogP contribution in [0.2, 0.25) is 0 Å². The molecule has 6 atom stereocenters. The second-order valence-electron chi connectivity index (χ2n) is 10.8. The Morgan fingerprint density at radius 2 is 2.03 bits per heavy atom. The van der Waals surface area contributed by atoms with Crippen LogP contribution in [0, 0.1) is 17.3 Å². The van der Waals surface area contributed by atoms with Crippen molar-refractivity contribution in [2.75, 3.05) is 19.6 Å². The molecule has 3 rings (SSSR count). The standard InChI is InChI=1S/C28H47NO2/c1-6-9-23(18-26(30)7-2)11-12-24-10-8-16-28(5)25(13-14-27(24)28)15-17-29-19-21(3)31-22(4)20-29/h7,11-12,21-22,25-27,30H,2,6,8-10,13-20H2,1,3-5H3/b23-11-,24-12+/t21-,22+,25-,26?,27?,28?/m1/s1. The Labute approximate surface area is 191 Å². The molecule has 1 heterocycles. The molecule has 31 heavy (non-hydrogen) atoms. The molecule has 3 unspecified atom stereocenters. The number of aliphatic hydroxyl groups excluding tert-OH is 1. The van der Waals surface area contributed by atoms with Crippen molar-refractivity contribution in [3.8, 4) is 0 Å². The summed E-state index contributed by atoms with van der Waals surface area (Å²) in [6.45, 7) is 16.4. The van der Waals surface area contributed by atoms with Gasteiger partial charge in [0.2, 0.25) is 0 Å². The van der Waals surface area contributed by atoms with Crippen LogP contribution in [-0.4, -0.2) is 48.0 Å². The summed E-state index contributed by atoms with van der Waals surface area (Å²) in [7, 11) is 0. The molecule has 2 saturated carbocycles. The van der Waals surface area contributed by atoms with Gasteiger partial charge in [0, 0.05) is 13.1 Å². The maximum Gasteiger partial charge on any atom is 0.0755 e. The molecule has 0 spiro atoms. The van der Waals surface area contributed by atoms with Crippen LogP contribution in [0.5, 0.6) is 0 Å². The lowest BCUT2D eigenvalue weighted by atomic mass is 9.63. The van der Waals surface area contributed by atoms with Gasteiger partial charge in [-0.3, -0.25) is 4.90 Å².